The van der Waals surface area contributed by atoms with Gasteiger partial charge in [-0.3, -0.25) is 0 Å². The van der Waals surface area contributed by atoms with E-state index in [2.05, 4.69) is 13.8 Å². The van der Waals surface area contributed by atoms with Crippen LogP contribution >= 0.6 is 0 Å². The van der Waals surface area contributed by atoms with Crippen LogP contribution in [0.25, 0.3) is 0 Å². The molecule has 0 radical (unpaired) electrons. The third kappa shape index (κ3) is 9.96. The van der Waals surface area contributed by atoms with E-state index < -0.39 is 0 Å². The number of hydrogen-bond donors (Lipinski definition) is 1. The third-order valence-electron chi connectivity index (χ3n) is 2.12. The van der Waals surface area contributed by atoms with Crippen molar-refractivity contribution in [2.75, 3.05) is 6.54 Å². The molecule has 1 unspecified atom stereocenters. The highest BCUT2D eigenvalue weighted by Gasteiger charge is 2.02. The lowest BCUT2D eigenvalue weighted by molar-refractivity contribution is 0.427. The van der Waals surface area contributed by atoms with Crippen LogP contribution in [0.15, 0.2) is 0 Å². The standard InChI is InChI=1S/C9H21N.C2H6/c1-3-5-6-9(4-2)7-8-10;1-2/h9H,3-8,10H2,1-2H3;1-2H3. The summed E-state index contributed by atoms with van der Waals surface area (Å²) in [6.45, 7) is 9.37. The fourth-order valence-electron chi connectivity index (χ4n) is 1.28. The van der Waals surface area contributed by atoms with Gasteiger partial charge in [-0.05, 0) is 18.9 Å². The average molecular weight is 173 g/mol. The van der Waals surface area contributed by atoms with Crippen molar-refractivity contribution in [3.8, 4) is 0 Å². The zero-order chi connectivity index (χ0) is 9.82. The van der Waals surface area contributed by atoms with Gasteiger partial charge in [-0.2, -0.15) is 0 Å². The second-order valence-electron chi connectivity index (χ2n) is 2.99. The molecule has 0 rings (SSSR count). The van der Waals surface area contributed by atoms with Crippen molar-refractivity contribution in [1.82, 2.24) is 0 Å². The van der Waals surface area contributed by atoms with Crippen molar-refractivity contribution in [3.05, 3.63) is 0 Å². The Balaban J connectivity index is 0. The SMILES string of the molecule is CC.CCCCC(CC)CCN. The van der Waals surface area contributed by atoms with Crippen molar-refractivity contribution in [1.29, 1.82) is 0 Å². The predicted molar refractivity (Wildman–Crippen MR) is 58.3 cm³/mol. The van der Waals surface area contributed by atoms with Crippen LogP contribution < -0.4 is 5.73 Å². The Morgan fingerprint density at radius 2 is 1.67 bits per heavy atom. The van der Waals surface area contributed by atoms with Crippen LogP contribution in [0.4, 0.5) is 0 Å². The van der Waals surface area contributed by atoms with E-state index in [-0.39, 0.29) is 0 Å². The summed E-state index contributed by atoms with van der Waals surface area (Å²) in [5.74, 6) is 0.893. The minimum absolute atomic E-state index is 0.863. The summed E-state index contributed by atoms with van der Waals surface area (Å²) >= 11 is 0. The molecule has 0 aromatic heterocycles. The van der Waals surface area contributed by atoms with Gasteiger partial charge in [0.2, 0.25) is 0 Å². The Morgan fingerprint density at radius 1 is 1.08 bits per heavy atom. The molecule has 76 valence electrons. The molecule has 0 spiro atoms. The van der Waals surface area contributed by atoms with Gasteiger partial charge in [0.15, 0.2) is 0 Å². The smallest absolute Gasteiger partial charge is 0.00746 e. The first-order chi connectivity index (χ1) is 5.85. The summed E-state index contributed by atoms with van der Waals surface area (Å²) < 4.78 is 0. The van der Waals surface area contributed by atoms with Crippen molar-refractivity contribution >= 4 is 0 Å². The van der Waals surface area contributed by atoms with E-state index >= 15 is 0 Å². The van der Waals surface area contributed by atoms with Crippen molar-refractivity contribution in [2.45, 2.75) is 59.8 Å². The maximum Gasteiger partial charge on any atom is -0.00746 e. The summed E-state index contributed by atoms with van der Waals surface area (Å²) in [6.07, 6.45) is 6.59. The molecule has 0 aliphatic carbocycles. The van der Waals surface area contributed by atoms with E-state index in [9.17, 15) is 0 Å². The van der Waals surface area contributed by atoms with E-state index in [1.165, 1.54) is 32.1 Å². The Hall–Kier alpha value is -0.0400. The second kappa shape index (κ2) is 13.5. The highest BCUT2D eigenvalue weighted by atomic mass is 14.5. The minimum atomic E-state index is 0.863. The zero-order valence-electron chi connectivity index (χ0n) is 9.40. The number of nitrogens with two attached hydrogens (primary N) is 1. The van der Waals surface area contributed by atoms with Gasteiger partial charge in [-0.1, -0.05) is 53.4 Å². The summed E-state index contributed by atoms with van der Waals surface area (Å²) in [5.41, 5.74) is 5.48. The first kappa shape index (κ1) is 14.5. The summed E-state index contributed by atoms with van der Waals surface area (Å²) in [7, 11) is 0. The maximum atomic E-state index is 5.48. The van der Waals surface area contributed by atoms with Crippen LogP contribution in [0.5, 0.6) is 0 Å². The highest BCUT2D eigenvalue weighted by Crippen LogP contribution is 2.14. The van der Waals surface area contributed by atoms with Crippen LogP contribution in [-0.2, 0) is 0 Å². The summed E-state index contributed by atoms with van der Waals surface area (Å²) in [5, 5.41) is 0. The van der Waals surface area contributed by atoms with Gasteiger partial charge in [0, 0.05) is 0 Å². The predicted octanol–water partition coefficient (Wildman–Crippen LogP) is 3.58. The Bertz CT molecular complexity index is 62.0. The average Bonchev–Trinajstić information content (AvgIpc) is 2.15. The molecule has 0 aromatic rings. The molecule has 2 N–H and O–H groups in total. The lowest BCUT2D eigenvalue weighted by atomic mass is 9.96. The minimum Gasteiger partial charge on any atom is -0.330 e. The molecule has 0 bridgehead atoms. The molecule has 1 nitrogen and oxygen atoms in total. The topological polar surface area (TPSA) is 26.0 Å². The van der Waals surface area contributed by atoms with Crippen LogP contribution in [0.2, 0.25) is 0 Å². The molecule has 0 saturated heterocycles. The fourth-order valence-corrected chi connectivity index (χ4v) is 1.28. The molecule has 1 heteroatoms. The Labute approximate surface area is 78.7 Å². The molecule has 0 aliphatic heterocycles. The molecule has 12 heavy (non-hydrogen) atoms. The quantitative estimate of drug-likeness (QED) is 0.653. The molecular weight excluding hydrogens is 146 g/mol. The lowest BCUT2D eigenvalue weighted by Gasteiger charge is -2.11. The molecule has 1 atom stereocenters. The maximum absolute atomic E-state index is 5.48. The van der Waals surface area contributed by atoms with E-state index in [0.717, 1.165) is 12.5 Å². The van der Waals surface area contributed by atoms with Gasteiger partial charge in [0.25, 0.3) is 0 Å². The molecule has 0 aromatic carbocycles. The van der Waals surface area contributed by atoms with E-state index in [4.69, 9.17) is 5.73 Å². The van der Waals surface area contributed by atoms with Crippen LogP contribution in [0, 0.1) is 5.92 Å². The molecule has 0 heterocycles. The molecule has 0 amide bonds. The van der Waals surface area contributed by atoms with Gasteiger partial charge in [-0.25, -0.2) is 0 Å². The lowest BCUT2D eigenvalue weighted by Crippen LogP contribution is -2.07. The van der Waals surface area contributed by atoms with Crippen LogP contribution in [-0.4, -0.2) is 6.54 Å². The molecule has 0 aliphatic rings. The van der Waals surface area contributed by atoms with Crippen molar-refractivity contribution in [3.63, 3.8) is 0 Å². The fraction of sp³-hybridized carbons (Fsp3) is 1.00. The van der Waals surface area contributed by atoms with Gasteiger partial charge in [-0.15, -0.1) is 0 Å². The largest absolute Gasteiger partial charge is 0.330 e. The Morgan fingerprint density at radius 3 is 2.00 bits per heavy atom. The second-order valence-corrected chi connectivity index (χ2v) is 2.99. The summed E-state index contributed by atoms with van der Waals surface area (Å²) in [4.78, 5) is 0. The van der Waals surface area contributed by atoms with Gasteiger partial charge >= 0.3 is 0 Å². The third-order valence-corrected chi connectivity index (χ3v) is 2.12. The van der Waals surface area contributed by atoms with Crippen LogP contribution in [0.1, 0.15) is 59.8 Å². The normalized spacial score (nSPS) is 11.8. The first-order valence-electron chi connectivity index (χ1n) is 5.55. The Kier molecular flexibility index (Phi) is 16.3. The molecule has 0 fully saturated rings. The number of rotatable bonds is 6. The monoisotopic (exact) mass is 173 g/mol. The highest BCUT2D eigenvalue weighted by molar-refractivity contribution is 4.57. The van der Waals surface area contributed by atoms with E-state index in [1.54, 1.807) is 0 Å². The van der Waals surface area contributed by atoms with Crippen molar-refractivity contribution in [2.24, 2.45) is 11.7 Å². The number of hydrogen-bond acceptors (Lipinski definition) is 1. The van der Waals surface area contributed by atoms with E-state index in [0.29, 0.717) is 0 Å². The van der Waals surface area contributed by atoms with Gasteiger partial charge < -0.3 is 5.73 Å². The van der Waals surface area contributed by atoms with Gasteiger partial charge in [0.05, 0.1) is 0 Å². The molecular formula is C11H27N. The first-order valence-corrected chi connectivity index (χ1v) is 5.55. The number of unbranched alkanes of at least 4 members (excludes halogenated alkanes) is 1. The summed E-state index contributed by atoms with van der Waals surface area (Å²) in [6, 6.07) is 0. The molecule has 0 saturated carbocycles. The van der Waals surface area contributed by atoms with Crippen LogP contribution in [0.3, 0.4) is 0 Å². The van der Waals surface area contributed by atoms with Crippen molar-refractivity contribution < 1.29 is 0 Å². The van der Waals surface area contributed by atoms with E-state index in [1.807, 2.05) is 13.8 Å². The zero-order valence-corrected chi connectivity index (χ0v) is 9.40. The van der Waals surface area contributed by atoms with Gasteiger partial charge in [0.1, 0.15) is 0 Å².